The molecule has 1 aromatic carbocycles. The monoisotopic (exact) mass is 271 g/mol. The Morgan fingerprint density at radius 2 is 2.05 bits per heavy atom. The van der Waals surface area contributed by atoms with Crippen LogP contribution in [0.1, 0.15) is 38.3 Å². The van der Waals surface area contributed by atoms with Gasteiger partial charge in [-0.05, 0) is 31.4 Å². The maximum atomic E-state index is 4.76. The van der Waals surface area contributed by atoms with Gasteiger partial charge in [-0.25, -0.2) is 0 Å². The van der Waals surface area contributed by atoms with Crippen LogP contribution >= 0.6 is 0 Å². The Morgan fingerprint density at radius 1 is 1.30 bits per heavy atom. The summed E-state index contributed by atoms with van der Waals surface area (Å²) in [6.45, 7) is 3.25. The summed E-state index contributed by atoms with van der Waals surface area (Å²) in [4.78, 5) is 0. The highest BCUT2D eigenvalue weighted by Crippen LogP contribution is 2.30. The largest absolute Gasteiger partial charge is 0.314 e. The molecule has 0 spiro atoms. The number of benzene rings is 1. The van der Waals surface area contributed by atoms with Gasteiger partial charge in [0.05, 0.1) is 11.2 Å². The van der Waals surface area contributed by atoms with E-state index in [0.717, 1.165) is 18.9 Å². The number of rotatable bonds is 5. The standard InChI is InChI=1S/C17H25N3/c1-3-18-15(13-8-4-5-9-13)12-16-14-10-6-7-11-17(14)20(2)19-16/h6-7,10-11,13,15,18H,3-5,8-9,12H2,1-2H3. The summed E-state index contributed by atoms with van der Waals surface area (Å²) in [5.74, 6) is 0.829. The van der Waals surface area contributed by atoms with Gasteiger partial charge >= 0.3 is 0 Å². The Balaban J connectivity index is 1.86. The SMILES string of the molecule is CCNC(Cc1nn(C)c2ccccc12)C1CCCC1. The minimum atomic E-state index is 0.584. The molecule has 108 valence electrons. The van der Waals surface area contributed by atoms with Crippen LogP contribution in [-0.4, -0.2) is 22.4 Å². The Kier molecular flexibility index (Phi) is 4.06. The highest BCUT2D eigenvalue weighted by atomic mass is 15.3. The molecule has 1 atom stereocenters. The number of aryl methyl sites for hydroxylation is 1. The second-order valence-corrected chi connectivity index (χ2v) is 6.00. The highest BCUT2D eigenvalue weighted by molar-refractivity contribution is 5.81. The summed E-state index contributed by atoms with van der Waals surface area (Å²) in [7, 11) is 2.05. The topological polar surface area (TPSA) is 29.9 Å². The van der Waals surface area contributed by atoms with Crippen molar-refractivity contribution < 1.29 is 0 Å². The third-order valence-electron chi connectivity index (χ3n) is 4.68. The first-order valence-corrected chi connectivity index (χ1v) is 7.93. The molecule has 0 radical (unpaired) electrons. The molecule has 3 nitrogen and oxygen atoms in total. The molecule has 0 amide bonds. The van der Waals surface area contributed by atoms with Crippen LogP contribution < -0.4 is 5.32 Å². The molecule has 1 unspecified atom stereocenters. The molecule has 3 rings (SSSR count). The quantitative estimate of drug-likeness (QED) is 0.904. The van der Waals surface area contributed by atoms with Gasteiger partial charge < -0.3 is 5.32 Å². The lowest BCUT2D eigenvalue weighted by Crippen LogP contribution is -2.37. The number of para-hydroxylation sites is 1. The van der Waals surface area contributed by atoms with Gasteiger partial charge in [0.2, 0.25) is 0 Å². The Hall–Kier alpha value is -1.35. The van der Waals surface area contributed by atoms with Crippen LogP contribution in [-0.2, 0) is 13.5 Å². The summed E-state index contributed by atoms with van der Waals surface area (Å²) < 4.78 is 2.02. The lowest BCUT2D eigenvalue weighted by atomic mass is 9.93. The van der Waals surface area contributed by atoms with E-state index in [9.17, 15) is 0 Å². The van der Waals surface area contributed by atoms with E-state index in [-0.39, 0.29) is 0 Å². The third kappa shape index (κ3) is 2.59. The van der Waals surface area contributed by atoms with Crippen LogP contribution in [0.5, 0.6) is 0 Å². The van der Waals surface area contributed by atoms with Crippen molar-refractivity contribution in [1.82, 2.24) is 15.1 Å². The first-order valence-electron chi connectivity index (χ1n) is 7.93. The Labute approximate surface area is 121 Å². The summed E-state index contributed by atoms with van der Waals surface area (Å²) in [6.07, 6.45) is 6.61. The van der Waals surface area contributed by atoms with Gasteiger partial charge in [0, 0.05) is 24.9 Å². The van der Waals surface area contributed by atoms with Crippen LogP contribution in [0, 0.1) is 5.92 Å². The van der Waals surface area contributed by atoms with Crippen LogP contribution in [0.15, 0.2) is 24.3 Å². The minimum Gasteiger partial charge on any atom is -0.314 e. The van der Waals surface area contributed by atoms with E-state index in [1.54, 1.807) is 0 Å². The molecule has 1 aromatic heterocycles. The summed E-state index contributed by atoms with van der Waals surface area (Å²) in [5.41, 5.74) is 2.49. The molecule has 0 bridgehead atoms. The molecular weight excluding hydrogens is 246 g/mol. The fraction of sp³-hybridized carbons (Fsp3) is 0.588. The molecule has 3 heteroatoms. The number of nitrogens with zero attached hydrogens (tertiary/aromatic N) is 2. The van der Waals surface area contributed by atoms with E-state index < -0.39 is 0 Å². The molecule has 1 fully saturated rings. The molecule has 20 heavy (non-hydrogen) atoms. The first kappa shape index (κ1) is 13.6. The van der Waals surface area contributed by atoms with Crippen LogP contribution in [0.2, 0.25) is 0 Å². The number of nitrogens with one attached hydrogen (secondary N) is 1. The molecule has 0 aliphatic heterocycles. The van der Waals surface area contributed by atoms with E-state index in [0.29, 0.717) is 6.04 Å². The number of aromatic nitrogens is 2. The van der Waals surface area contributed by atoms with Gasteiger partial charge in [0.25, 0.3) is 0 Å². The zero-order chi connectivity index (χ0) is 13.9. The molecule has 1 aliphatic rings. The Bertz CT molecular complexity index is 567. The third-order valence-corrected chi connectivity index (χ3v) is 4.68. The zero-order valence-electron chi connectivity index (χ0n) is 12.6. The van der Waals surface area contributed by atoms with Gasteiger partial charge in [-0.1, -0.05) is 38.0 Å². The maximum Gasteiger partial charge on any atom is 0.0718 e. The van der Waals surface area contributed by atoms with Crippen LogP contribution in [0.25, 0.3) is 10.9 Å². The van der Waals surface area contributed by atoms with E-state index in [2.05, 4.69) is 36.5 Å². The first-order chi connectivity index (χ1) is 9.79. The van der Waals surface area contributed by atoms with Crippen molar-refractivity contribution >= 4 is 10.9 Å². The van der Waals surface area contributed by atoms with E-state index in [1.165, 1.54) is 42.3 Å². The van der Waals surface area contributed by atoms with Crippen molar-refractivity contribution in [3.05, 3.63) is 30.0 Å². The fourth-order valence-electron chi connectivity index (χ4n) is 3.68. The number of fused-ring (bicyclic) bond motifs is 1. The van der Waals surface area contributed by atoms with Gasteiger partial charge in [0.15, 0.2) is 0 Å². The van der Waals surface area contributed by atoms with Crippen molar-refractivity contribution in [2.45, 2.75) is 45.1 Å². The summed E-state index contributed by atoms with van der Waals surface area (Å²) >= 11 is 0. The van der Waals surface area contributed by atoms with Gasteiger partial charge in [0.1, 0.15) is 0 Å². The average Bonchev–Trinajstić information content (AvgIpc) is 3.08. The van der Waals surface area contributed by atoms with Crippen molar-refractivity contribution in [3.63, 3.8) is 0 Å². The van der Waals surface area contributed by atoms with Gasteiger partial charge in [-0.2, -0.15) is 5.10 Å². The molecule has 1 saturated carbocycles. The van der Waals surface area contributed by atoms with Crippen LogP contribution in [0.3, 0.4) is 0 Å². The molecule has 2 aromatic rings. The van der Waals surface area contributed by atoms with Crippen molar-refractivity contribution in [3.8, 4) is 0 Å². The van der Waals surface area contributed by atoms with E-state index in [1.807, 2.05) is 11.7 Å². The molecule has 0 saturated heterocycles. The predicted octanol–water partition coefficient (Wildman–Crippen LogP) is 3.28. The lowest BCUT2D eigenvalue weighted by molar-refractivity contribution is 0.360. The summed E-state index contributed by atoms with van der Waals surface area (Å²) in [6, 6.07) is 9.15. The lowest BCUT2D eigenvalue weighted by Gasteiger charge is -2.23. The van der Waals surface area contributed by atoms with Crippen molar-refractivity contribution in [2.75, 3.05) is 6.54 Å². The second kappa shape index (κ2) is 5.96. The number of likely N-dealkylation sites (N-methyl/N-ethyl adjacent to an activating group) is 1. The number of hydrogen-bond acceptors (Lipinski definition) is 2. The van der Waals surface area contributed by atoms with Gasteiger partial charge in [-0.15, -0.1) is 0 Å². The normalized spacial score (nSPS) is 17.9. The fourth-order valence-corrected chi connectivity index (χ4v) is 3.68. The summed E-state index contributed by atoms with van der Waals surface area (Å²) in [5, 5.41) is 9.77. The average molecular weight is 271 g/mol. The van der Waals surface area contributed by atoms with Crippen molar-refractivity contribution in [1.29, 1.82) is 0 Å². The molecular formula is C17H25N3. The van der Waals surface area contributed by atoms with Crippen LogP contribution in [0.4, 0.5) is 0 Å². The molecule has 1 aliphatic carbocycles. The highest BCUT2D eigenvalue weighted by Gasteiger charge is 2.25. The minimum absolute atomic E-state index is 0.584. The van der Waals surface area contributed by atoms with E-state index >= 15 is 0 Å². The smallest absolute Gasteiger partial charge is 0.0718 e. The Morgan fingerprint density at radius 3 is 2.80 bits per heavy atom. The van der Waals surface area contributed by atoms with Gasteiger partial charge in [-0.3, -0.25) is 4.68 Å². The van der Waals surface area contributed by atoms with Crippen molar-refractivity contribution in [2.24, 2.45) is 13.0 Å². The predicted molar refractivity (Wildman–Crippen MR) is 83.8 cm³/mol. The maximum absolute atomic E-state index is 4.76. The zero-order valence-corrected chi connectivity index (χ0v) is 12.6. The molecule has 1 heterocycles. The molecule has 1 N–H and O–H groups in total. The van der Waals surface area contributed by atoms with E-state index in [4.69, 9.17) is 5.10 Å². The second-order valence-electron chi connectivity index (χ2n) is 6.00. The number of hydrogen-bond donors (Lipinski definition) is 1.